The molecule has 0 saturated carbocycles. The maximum Gasteiger partial charge on any atom is 0.513 e. The zero-order valence-electron chi connectivity index (χ0n) is 17.9. The Hall–Kier alpha value is -3.35. The van der Waals surface area contributed by atoms with Crippen molar-refractivity contribution in [3.63, 3.8) is 0 Å². The zero-order valence-corrected chi connectivity index (χ0v) is 17.9. The minimum Gasteiger partial charge on any atom is -0.434 e. The molecule has 0 aliphatic rings. The number of fused-ring (bicyclic) bond motifs is 2. The predicted molar refractivity (Wildman–Crippen MR) is 115 cm³/mol. The molecule has 0 fully saturated rings. The van der Waals surface area contributed by atoms with E-state index in [1.165, 1.54) is 12.1 Å². The molecule has 0 N–H and O–H groups in total. The first-order valence-electron chi connectivity index (χ1n) is 10.1. The standard InChI is InChI=1S/C24H25FO6/c1-14(2)12-28-23(26)30-21-16-8-5-6-9-17(16)22(31-24(27)29-13-15(3)4)20-18(21)10-7-11-19(20)25/h5-11,14-15H,12-13H2,1-4H3. The van der Waals surface area contributed by atoms with Crippen molar-refractivity contribution in [2.24, 2.45) is 11.8 Å². The fourth-order valence-corrected chi connectivity index (χ4v) is 3.01. The van der Waals surface area contributed by atoms with Crippen LogP contribution in [0.1, 0.15) is 27.7 Å². The molecule has 3 aromatic rings. The van der Waals surface area contributed by atoms with Crippen LogP contribution in [0, 0.1) is 17.7 Å². The van der Waals surface area contributed by atoms with Crippen molar-refractivity contribution in [2.45, 2.75) is 27.7 Å². The summed E-state index contributed by atoms with van der Waals surface area (Å²) in [6.07, 6.45) is -1.83. The highest BCUT2D eigenvalue weighted by atomic mass is 19.1. The van der Waals surface area contributed by atoms with Crippen molar-refractivity contribution in [2.75, 3.05) is 13.2 Å². The van der Waals surface area contributed by atoms with Gasteiger partial charge in [-0.25, -0.2) is 14.0 Å². The molecule has 0 saturated heterocycles. The third-order valence-corrected chi connectivity index (χ3v) is 4.34. The lowest BCUT2D eigenvalue weighted by molar-refractivity contribution is 0.0879. The number of carbonyl (C=O) groups excluding carboxylic acids is 2. The van der Waals surface area contributed by atoms with Gasteiger partial charge in [-0.15, -0.1) is 0 Å². The summed E-state index contributed by atoms with van der Waals surface area (Å²) in [4.78, 5) is 24.5. The minimum atomic E-state index is -0.937. The Labute approximate surface area is 179 Å². The van der Waals surface area contributed by atoms with Gasteiger partial charge in [0.2, 0.25) is 0 Å². The summed E-state index contributed by atoms with van der Waals surface area (Å²) in [6.45, 7) is 7.94. The molecule has 0 aromatic heterocycles. The second-order valence-electron chi connectivity index (χ2n) is 7.98. The van der Waals surface area contributed by atoms with E-state index in [-0.39, 0.29) is 47.3 Å². The summed E-state index contributed by atoms with van der Waals surface area (Å²) in [5.41, 5.74) is 0. The maximum absolute atomic E-state index is 14.9. The molecule has 0 amide bonds. The van der Waals surface area contributed by atoms with Gasteiger partial charge in [0.15, 0.2) is 11.5 Å². The van der Waals surface area contributed by atoms with Gasteiger partial charge in [-0.3, -0.25) is 0 Å². The first kappa shape index (κ1) is 22.3. The lowest BCUT2D eigenvalue weighted by atomic mass is 10.00. The smallest absolute Gasteiger partial charge is 0.434 e. The van der Waals surface area contributed by atoms with Gasteiger partial charge in [-0.2, -0.15) is 0 Å². The van der Waals surface area contributed by atoms with Gasteiger partial charge < -0.3 is 18.9 Å². The van der Waals surface area contributed by atoms with Crippen molar-refractivity contribution in [3.8, 4) is 11.5 Å². The number of hydrogen-bond acceptors (Lipinski definition) is 6. The summed E-state index contributed by atoms with van der Waals surface area (Å²) >= 11 is 0. The Morgan fingerprint density at radius 1 is 0.742 bits per heavy atom. The largest absolute Gasteiger partial charge is 0.513 e. The first-order valence-corrected chi connectivity index (χ1v) is 10.1. The van der Waals surface area contributed by atoms with Crippen LogP contribution in [0.4, 0.5) is 14.0 Å². The molecular formula is C24H25FO6. The molecule has 0 spiro atoms. The van der Waals surface area contributed by atoms with E-state index in [1.54, 1.807) is 30.3 Å². The van der Waals surface area contributed by atoms with Crippen LogP contribution in [0.2, 0.25) is 0 Å². The van der Waals surface area contributed by atoms with Crippen LogP contribution < -0.4 is 9.47 Å². The van der Waals surface area contributed by atoms with E-state index in [0.717, 1.165) is 0 Å². The average molecular weight is 428 g/mol. The number of hydrogen-bond donors (Lipinski definition) is 0. The van der Waals surface area contributed by atoms with Crippen LogP contribution >= 0.6 is 0 Å². The lowest BCUT2D eigenvalue weighted by Gasteiger charge is -2.17. The van der Waals surface area contributed by atoms with Crippen LogP contribution in [0.15, 0.2) is 42.5 Å². The normalized spacial score (nSPS) is 11.2. The Bertz CT molecular complexity index is 1110. The predicted octanol–water partition coefficient (Wildman–Crippen LogP) is 6.47. The van der Waals surface area contributed by atoms with Crippen LogP contribution in [0.3, 0.4) is 0 Å². The molecule has 3 rings (SSSR count). The summed E-state index contributed by atoms with van der Waals surface area (Å²) in [6, 6.07) is 11.1. The van der Waals surface area contributed by atoms with Crippen LogP contribution in [0.25, 0.3) is 21.5 Å². The molecule has 0 aliphatic heterocycles. The highest BCUT2D eigenvalue weighted by molar-refractivity contribution is 6.12. The first-order chi connectivity index (χ1) is 14.8. The van der Waals surface area contributed by atoms with Crippen molar-refractivity contribution >= 4 is 33.9 Å². The van der Waals surface area contributed by atoms with Gasteiger partial charge >= 0.3 is 12.3 Å². The van der Waals surface area contributed by atoms with Gasteiger partial charge in [0.1, 0.15) is 5.82 Å². The number of halogens is 1. The molecule has 0 unspecified atom stereocenters. The van der Waals surface area contributed by atoms with Crippen LogP contribution in [0.5, 0.6) is 11.5 Å². The number of ether oxygens (including phenoxy) is 4. The van der Waals surface area contributed by atoms with E-state index in [9.17, 15) is 14.0 Å². The van der Waals surface area contributed by atoms with Crippen molar-refractivity contribution in [1.29, 1.82) is 0 Å². The lowest BCUT2D eigenvalue weighted by Crippen LogP contribution is -2.16. The highest BCUT2D eigenvalue weighted by Crippen LogP contribution is 2.44. The highest BCUT2D eigenvalue weighted by Gasteiger charge is 2.23. The fourth-order valence-electron chi connectivity index (χ4n) is 3.01. The van der Waals surface area contributed by atoms with Gasteiger partial charge in [0, 0.05) is 16.2 Å². The van der Waals surface area contributed by atoms with Crippen LogP contribution in [-0.4, -0.2) is 25.5 Å². The molecule has 6 nitrogen and oxygen atoms in total. The zero-order chi connectivity index (χ0) is 22.5. The van der Waals surface area contributed by atoms with Crippen LogP contribution in [-0.2, 0) is 9.47 Å². The van der Waals surface area contributed by atoms with E-state index in [4.69, 9.17) is 18.9 Å². The van der Waals surface area contributed by atoms with Crippen molar-refractivity contribution in [1.82, 2.24) is 0 Å². The summed E-state index contributed by atoms with van der Waals surface area (Å²) < 4.78 is 36.1. The number of carbonyl (C=O) groups is 2. The van der Waals surface area contributed by atoms with E-state index >= 15 is 0 Å². The van der Waals surface area contributed by atoms with E-state index in [0.29, 0.717) is 10.8 Å². The van der Waals surface area contributed by atoms with E-state index in [2.05, 4.69) is 0 Å². The number of rotatable bonds is 6. The Morgan fingerprint density at radius 3 is 1.77 bits per heavy atom. The molecule has 3 aromatic carbocycles. The Kier molecular flexibility index (Phi) is 6.95. The molecule has 31 heavy (non-hydrogen) atoms. The van der Waals surface area contributed by atoms with E-state index < -0.39 is 18.1 Å². The van der Waals surface area contributed by atoms with Crippen molar-refractivity contribution in [3.05, 3.63) is 48.3 Å². The van der Waals surface area contributed by atoms with Gasteiger partial charge in [0.05, 0.1) is 18.6 Å². The average Bonchev–Trinajstić information content (AvgIpc) is 2.73. The molecule has 0 radical (unpaired) electrons. The maximum atomic E-state index is 14.9. The SMILES string of the molecule is CC(C)COC(=O)Oc1c2ccccc2c(OC(=O)OCC(C)C)c2c(F)cccc12. The topological polar surface area (TPSA) is 71.1 Å². The van der Waals surface area contributed by atoms with Gasteiger partial charge in [-0.05, 0) is 17.9 Å². The third-order valence-electron chi connectivity index (χ3n) is 4.34. The fraction of sp³-hybridized carbons (Fsp3) is 0.333. The second-order valence-corrected chi connectivity index (χ2v) is 7.98. The van der Waals surface area contributed by atoms with Gasteiger partial charge in [0.25, 0.3) is 0 Å². The molecule has 0 aliphatic carbocycles. The molecule has 0 bridgehead atoms. The molecule has 7 heteroatoms. The molecular weight excluding hydrogens is 403 g/mol. The summed E-state index contributed by atoms with van der Waals surface area (Å²) in [5, 5.41) is 1.14. The molecule has 0 heterocycles. The van der Waals surface area contributed by atoms with Gasteiger partial charge in [-0.1, -0.05) is 64.1 Å². The molecule has 0 atom stereocenters. The minimum absolute atomic E-state index is 0.000328. The number of benzene rings is 3. The summed E-state index contributed by atoms with van der Waals surface area (Å²) in [5.74, 6) is -0.256. The quantitative estimate of drug-likeness (QED) is 0.254. The van der Waals surface area contributed by atoms with E-state index in [1.807, 2.05) is 27.7 Å². The van der Waals surface area contributed by atoms with Crippen molar-refractivity contribution < 1.29 is 32.9 Å². The summed E-state index contributed by atoms with van der Waals surface area (Å²) in [7, 11) is 0. The Balaban J connectivity index is 2.13. The Morgan fingerprint density at radius 2 is 1.23 bits per heavy atom. The monoisotopic (exact) mass is 428 g/mol. The second kappa shape index (κ2) is 9.64. The third kappa shape index (κ3) is 5.23. The molecule has 164 valence electrons.